The van der Waals surface area contributed by atoms with Crippen molar-refractivity contribution in [2.45, 2.75) is 31.9 Å². The first-order valence-electron chi connectivity index (χ1n) is 4.47. The van der Waals surface area contributed by atoms with E-state index in [1.165, 1.54) is 0 Å². The lowest BCUT2D eigenvalue weighted by Gasteiger charge is -2.08. The molecule has 0 bridgehead atoms. The largest absolute Gasteiger partial charge is 0.480 e. The SMILES string of the molecule is CCCCSC(=S)S(=O)(=O)C(C)C(=O)O. The van der Waals surface area contributed by atoms with Crippen LogP contribution in [0.4, 0.5) is 0 Å². The fourth-order valence-corrected chi connectivity index (χ4v) is 3.84. The summed E-state index contributed by atoms with van der Waals surface area (Å²) >= 11 is 5.74. The molecule has 0 rings (SSSR count). The first-order chi connectivity index (χ1) is 6.84. The van der Waals surface area contributed by atoms with E-state index in [1.807, 2.05) is 6.92 Å². The Kier molecular flexibility index (Phi) is 6.38. The highest BCUT2D eigenvalue weighted by Crippen LogP contribution is 2.17. The number of sulfone groups is 1. The van der Waals surface area contributed by atoms with Gasteiger partial charge in [-0.15, -0.1) is 11.8 Å². The summed E-state index contributed by atoms with van der Waals surface area (Å²) < 4.78 is 22.8. The number of rotatable bonds is 5. The molecule has 4 nitrogen and oxygen atoms in total. The standard InChI is InChI=1S/C8H14O4S3/c1-3-4-5-14-8(13)15(11,12)6(2)7(9)10/h6H,3-5H2,1-2H3,(H,9,10). The van der Waals surface area contributed by atoms with Gasteiger partial charge in [0.05, 0.1) is 0 Å². The van der Waals surface area contributed by atoms with Gasteiger partial charge in [-0.3, -0.25) is 4.79 Å². The van der Waals surface area contributed by atoms with E-state index < -0.39 is 21.1 Å². The average Bonchev–Trinajstić information content (AvgIpc) is 2.16. The average molecular weight is 270 g/mol. The zero-order chi connectivity index (χ0) is 12.1. The summed E-state index contributed by atoms with van der Waals surface area (Å²) in [4.78, 5) is 10.5. The zero-order valence-electron chi connectivity index (χ0n) is 8.60. The summed E-state index contributed by atoms with van der Waals surface area (Å²) in [5.74, 6) is -0.755. The fourth-order valence-electron chi connectivity index (χ4n) is 0.659. The molecule has 15 heavy (non-hydrogen) atoms. The van der Waals surface area contributed by atoms with Gasteiger partial charge in [-0.1, -0.05) is 25.6 Å². The Morgan fingerprint density at radius 1 is 1.53 bits per heavy atom. The smallest absolute Gasteiger partial charge is 0.322 e. The van der Waals surface area contributed by atoms with Crippen molar-refractivity contribution in [1.29, 1.82) is 0 Å². The van der Waals surface area contributed by atoms with Crippen molar-refractivity contribution in [3.8, 4) is 0 Å². The molecule has 0 aliphatic heterocycles. The van der Waals surface area contributed by atoms with E-state index in [9.17, 15) is 13.2 Å². The van der Waals surface area contributed by atoms with Crippen molar-refractivity contribution in [2.75, 3.05) is 5.75 Å². The summed E-state index contributed by atoms with van der Waals surface area (Å²) in [6.07, 6.45) is 1.81. The molecule has 0 aliphatic rings. The van der Waals surface area contributed by atoms with Crippen LogP contribution in [0.1, 0.15) is 26.7 Å². The summed E-state index contributed by atoms with van der Waals surface area (Å²) in [6, 6.07) is 0. The third-order valence-corrected chi connectivity index (χ3v) is 6.19. The molecular weight excluding hydrogens is 256 g/mol. The number of hydrogen-bond donors (Lipinski definition) is 1. The van der Waals surface area contributed by atoms with E-state index in [1.54, 1.807) is 0 Å². The predicted molar refractivity (Wildman–Crippen MR) is 66.0 cm³/mol. The summed E-state index contributed by atoms with van der Waals surface area (Å²) in [7, 11) is -3.82. The van der Waals surface area contributed by atoms with E-state index in [2.05, 4.69) is 0 Å². The number of aliphatic carboxylic acids is 1. The number of thioether (sulfide) groups is 1. The second-order valence-corrected chi connectivity index (χ2v) is 7.47. The van der Waals surface area contributed by atoms with E-state index in [4.69, 9.17) is 17.3 Å². The van der Waals surface area contributed by atoms with Crippen LogP contribution in [0.5, 0.6) is 0 Å². The Balaban J connectivity index is 4.47. The zero-order valence-corrected chi connectivity index (χ0v) is 11.0. The maximum Gasteiger partial charge on any atom is 0.322 e. The number of carboxylic acids is 1. The Labute approximate surface area is 99.4 Å². The normalized spacial score (nSPS) is 13.5. The second kappa shape index (κ2) is 6.44. The lowest BCUT2D eigenvalue weighted by atomic mass is 10.4. The summed E-state index contributed by atoms with van der Waals surface area (Å²) in [6.45, 7) is 3.11. The van der Waals surface area contributed by atoms with Crippen LogP contribution in [0.3, 0.4) is 0 Å². The van der Waals surface area contributed by atoms with Crippen molar-refractivity contribution in [2.24, 2.45) is 0 Å². The molecule has 0 fully saturated rings. The number of carboxylic acid groups (broad SMARTS) is 1. The molecule has 0 aromatic heterocycles. The Bertz CT molecular complexity index is 334. The van der Waals surface area contributed by atoms with E-state index in [-0.39, 0.29) is 3.53 Å². The third-order valence-electron chi connectivity index (χ3n) is 1.76. The lowest BCUT2D eigenvalue weighted by molar-refractivity contribution is -0.136. The van der Waals surface area contributed by atoms with E-state index in [0.717, 1.165) is 31.5 Å². The van der Waals surface area contributed by atoms with Gasteiger partial charge in [0, 0.05) is 0 Å². The highest BCUT2D eigenvalue weighted by molar-refractivity contribution is 8.44. The molecule has 0 aromatic rings. The van der Waals surface area contributed by atoms with Gasteiger partial charge >= 0.3 is 5.97 Å². The van der Waals surface area contributed by atoms with Crippen LogP contribution in [-0.4, -0.2) is 34.0 Å². The van der Waals surface area contributed by atoms with Gasteiger partial charge in [-0.25, -0.2) is 8.42 Å². The van der Waals surface area contributed by atoms with Gasteiger partial charge in [0.2, 0.25) is 9.84 Å². The van der Waals surface area contributed by atoms with Crippen molar-refractivity contribution in [3.63, 3.8) is 0 Å². The maximum absolute atomic E-state index is 11.5. The van der Waals surface area contributed by atoms with Gasteiger partial charge in [0.15, 0.2) is 8.78 Å². The minimum Gasteiger partial charge on any atom is -0.480 e. The van der Waals surface area contributed by atoms with Gasteiger partial charge in [0.1, 0.15) is 0 Å². The second-order valence-electron chi connectivity index (χ2n) is 2.98. The number of hydrogen-bond acceptors (Lipinski definition) is 5. The summed E-state index contributed by atoms with van der Waals surface area (Å²) in [5.41, 5.74) is 0. The first kappa shape index (κ1) is 14.9. The molecule has 1 atom stereocenters. The van der Waals surface area contributed by atoms with Crippen LogP contribution in [0.15, 0.2) is 0 Å². The molecule has 88 valence electrons. The molecule has 0 spiro atoms. The molecule has 0 radical (unpaired) electrons. The third kappa shape index (κ3) is 4.48. The molecule has 1 N–H and O–H groups in total. The minimum atomic E-state index is -3.82. The highest BCUT2D eigenvalue weighted by Gasteiger charge is 2.31. The molecule has 1 unspecified atom stereocenters. The van der Waals surface area contributed by atoms with Gasteiger partial charge < -0.3 is 5.11 Å². The Hall–Kier alpha value is -0.140. The lowest BCUT2D eigenvalue weighted by Crippen LogP contribution is -2.30. The van der Waals surface area contributed by atoms with Crippen LogP contribution in [0.25, 0.3) is 0 Å². The van der Waals surface area contributed by atoms with Crippen molar-refractivity contribution in [3.05, 3.63) is 0 Å². The number of thiocarbonyl (C=S) groups is 1. The topological polar surface area (TPSA) is 71.4 Å². The van der Waals surface area contributed by atoms with Crippen molar-refractivity contribution >= 4 is 43.3 Å². The van der Waals surface area contributed by atoms with Crippen molar-refractivity contribution in [1.82, 2.24) is 0 Å². The van der Waals surface area contributed by atoms with Crippen LogP contribution in [0, 0.1) is 0 Å². The number of unbranched alkanes of at least 4 members (excludes halogenated alkanes) is 1. The van der Waals surface area contributed by atoms with Crippen LogP contribution >= 0.6 is 24.0 Å². The monoisotopic (exact) mass is 270 g/mol. The molecule has 0 amide bonds. The van der Waals surface area contributed by atoms with Crippen LogP contribution in [-0.2, 0) is 14.6 Å². The Morgan fingerprint density at radius 3 is 2.47 bits per heavy atom. The molecule has 0 aliphatic carbocycles. The van der Waals surface area contributed by atoms with Gasteiger partial charge in [-0.05, 0) is 19.1 Å². The van der Waals surface area contributed by atoms with Crippen LogP contribution in [0.2, 0.25) is 0 Å². The van der Waals surface area contributed by atoms with E-state index >= 15 is 0 Å². The maximum atomic E-state index is 11.5. The Morgan fingerprint density at radius 2 is 2.07 bits per heavy atom. The molecule has 0 saturated carbocycles. The van der Waals surface area contributed by atoms with Gasteiger partial charge in [-0.2, -0.15) is 0 Å². The molecule has 0 aromatic carbocycles. The van der Waals surface area contributed by atoms with Crippen molar-refractivity contribution < 1.29 is 18.3 Å². The minimum absolute atomic E-state index is 0.217. The van der Waals surface area contributed by atoms with Gasteiger partial charge in [0.25, 0.3) is 0 Å². The molecule has 0 heterocycles. The number of carbonyl (C=O) groups is 1. The summed E-state index contributed by atoms with van der Waals surface area (Å²) in [5, 5.41) is 7.13. The predicted octanol–water partition coefficient (Wildman–Crippen LogP) is 1.69. The first-order valence-corrected chi connectivity index (χ1v) is 7.41. The van der Waals surface area contributed by atoms with Crippen LogP contribution < -0.4 is 0 Å². The fraction of sp³-hybridized carbons (Fsp3) is 0.750. The van der Waals surface area contributed by atoms with E-state index in [0.29, 0.717) is 5.75 Å². The molecule has 0 saturated heterocycles. The molecule has 7 heteroatoms. The molecular formula is C8H14O4S3. The highest BCUT2D eigenvalue weighted by atomic mass is 32.3. The quantitative estimate of drug-likeness (QED) is 0.605.